The van der Waals surface area contributed by atoms with Gasteiger partial charge in [0.1, 0.15) is 5.75 Å². The molecule has 0 unspecified atom stereocenters. The third-order valence-electron chi connectivity index (χ3n) is 2.99. The fourth-order valence-corrected chi connectivity index (χ4v) is 2.45. The number of nitrogens with zero attached hydrogens (tertiary/aromatic N) is 2. The first-order chi connectivity index (χ1) is 9.65. The molecule has 1 heterocycles. The van der Waals surface area contributed by atoms with E-state index in [0.717, 1.165) is 15.6 Å². The second-order valence-corrected chi connectivity index (χ2v) is 5.32. The summed E-state index contributed by atoms with van der Waals surface area (Å²) in [6, 6.07) is 12.7. The van der Waals surface area contributed by atoms with Crippen LogP contribution in [0.15, 0.2) is 51.5 Å². The molecular weight excluding hydrogens is 320 g/mol. The zero-order chi connectivity index (χ0) is 14.1. The molecule has 0 radical (unpaired) electrons. The molecule has 20 heavy (non-hydrogen) atoms. The molecule has 3 aromatic rings. The van der Waals surface area contributed by atoms with Crippen LogP contribution in [0.4, 0.5) is 0 Å². The van der Waals surface area contributed by atoms with Crippen LogP contribution in [-0.4, -0.2) is 15.2 Å². The van der Waals surface area contributed by atoms with Crippen molar-refractivity contribution in [1.29, 1.82) is 0 Å². The van der Waals surface area contributed by atoms with E-state index in [4.69, 9.17) is 4.52 Å². The highest BCUT2D eigenvalue weighted by molar-refractivity contribution is 9.10. The third-order valence-corrected chi connectivity index (χ3v) is 3.48. The lowest BCUT2D eigenvalue weighted by Gasteiger charge is -2.00. The highest BCUT2D eigenvalue weighted by Gasteiger charge is 2.14. The Hall–Kier alpha value is -2.14. The van der Waals surface area contributed by atoms with Gasteiger partial charge in [-0.3, -0.25) is 0 Å². The number of hydrogen-bond donors (Lipinski definition) is 1. The summed E-state index contributed by atoms with van der Waals surface area (Å²) in [5.41, 5.74) is 2.48. The van der Waals surface area contributed by atoms with Crippen LogP contribution >= 0.6 is 15.9 Å². The number of rotatable bonds is 2. The van der Waals surface area contributed by atoms with Gasteiger partial charge in [-0.15, -0.1) is 0 Å². The van der Waals surface area contributed by atoms with E-state index in [2.05, 4.69) is 26.1 Å². The van der Waals surface area contributed by atoms with Gasteiger partial charge in [0.05, 0.1) is 5.56 Å². The Labute approximate surface area is 124 Å². The predicted molar refractivity (Wildman–Crippen MR) is 79.3 cm³/mol. The zero-order valence-electron chi connectivity index (χ0n) is 10.7. The molecule has 1 aromatic heterocycles. The summed E-state index contributed by atoms with van der Waals surface area (Å²) in [5, 5.41) is 13.8. The van der Waals surface area contributed by atoms with Gasteiger partial charge in [0, 0.05) is 10.0 Å². The summed E-state index contributed by atoms with van der Waals surface area (Å²) in [6.07, 6.45) is 0. The van der Waals surface area contributed by atoms with Gasteiger partial charge in [0.15, 0.2) is 0 Å². The lowest BCUT2D eigenvalue weighted by molar-refractivity contribution is 0.425. The molecule has 2 aromatic carbocycles. The van der Waals surface area contributed by atoms with Crippen molar-refractivity contribution < 1.29 is 9.63 Å². The van der Waals surface area contributed by atoms with Crippen molar-refractivity contribution in [3.8, 4) is 28.6 Å². The summed E-state index contributed by atoms with van der Waals surface area (Å²) < 4.78 is 6.24. The number of benzene rings is 2. The molecule has 0 bridgehead atoms. The molecule has 0 spiro atoms. The number of aromatic nitrogens is 2. The number of aromatic hydroxyl groups is 1. The smallest absolute Gasteiger partial charge is 0.261 e. The van der Waals surface area contributed by atoms with Crippen molar-refractivity contribution in [1.82, 2.24) is 10.1 Å². The van der Waals surface area contributed by atoms with Crippen LogP contribution in [-0.2, 0) is 0 Å². The zero-order valence-corrected chi connectivity index (χ0v) is 12.3. The average molecular weight is 331 g/mol. The fourth-order valence-electron chi connectivity index (χ4n) is 1.97. The first-order valence-electron chi connectivity index (χ1n) is 6.04. The Morgan fingerprint density at radius 2 is 1.90 bits per heavy atom. The molecular formula is C15H11BrN2O2. The first kappa shape index (κ1) is 12.9. The van der Waals surface area contributed by atoms with Crippen LogP contribution < -0.4 is 0 Å². The Morgan fingerprint density at radius 1 is 1.10 bits per heavy atom. The Kier molecular flexibility index (Phi) is 3.28. The highest BCUT2D eigenvalue weighted by Crippen LogP contribution is 2.30. The minimum Gasteiger partial charge on any atom is -0.507 e. The van der Waals surface area contributed by atoms with Crippen molar-refractivity contribution in [2.45, 2.75) is 6.92 Å². The molecule has 0 saturated carbocycles. The summed E-state index contributed by atoms with van der Waals surface area (Å²) >= 11 is 3.42. The molecule has 3 rings (SSSR count). The second-order valence-electron chi connectivity index (χ2n) is 4.40. The average Bonchev–Trinajstić information content (AvgIpc) is 2.88. The molecule has 0 atom stereocenters. The van der Waals surface area contributed by atoms with Gasteiger partial charge in [-0.05, 0) is 42.8 Å². The maximum Gasteiger partial charge on any atom is 0.261 e. The molecule has 4 nitrogen and oxygen atoms in total. The van der Waals surface area contributed by atoms with Crippen molar-refractivity contribution >= 4 is 15.9 Å². The number of hydrogen-bond acceptors (Lipinski definition) is 4. The van der Waals surface area contributed by atoms with Crippen LogP contribution in [0.1, 0.15) is 5.56 Å². The normalized spacial score (nSPS) is 10.7. The Bertz CT molecular complexity index is 768. The Morgan fingerprint density at radius 3 is 2.65 bits per heavy atom. The van der Waals surface area contributed by atoms with Crippen LogP contribution in [0.2, 0.25) is 0 Å². The van der Waals surface area contributed by atoms with Gasteiger partial charge in [0.25, 0.3) is 5.89 Å². The number of halogens is 1. The summed E-state index contributed by atoms with van der Waals surface area (Å²) in [5.74, 6) is 0.934. The molecule has 0 aliphatic carbocycles. The standard InChI is InChI=1S/C15H11BrN2O2/c1-9-8-10(16)6-7-11(9)14-17-15(20-18-14)12-4-2-3-5-13(12)19/h2-8,19H,1H3. The van der Waals surface area contributed by atoms with Gasteiger partial charge in [0.2, 0.25) is 5.82 Å². The maximum absolute atomic E-state index is 9.80. The molecule has 100 valence electrons. The van der Waals surface area contributed by atoms with Gasteiger partial charge >= 0.3 is 0 Å². The van der Waals surface area contributed by atoms with E-state index < -0.39 is 0 Å². The van der Waals surface area contributed by atoms with Crippen molar-refractivity contribution in [3.05, 3.63) is 52.5 Å². The van der Waals surface area contributed by atoms with Gasteiger partial charge in [-0.2, -0.15) is 4.98 Å². The van der Waals surface area contributed by atoms with Crippen LogP contribution in [0.3, 0.4) is 0 Å². The predicted octanol–water partition coefficient (Wildman–Crippen LogP) is 4.18. The van der Waals surface area contributed by atoms with E-state index >= 15 is 0 Å². The highest BCUT2D eigenvalue weighted by atomic mass is 79.9. The molecule has 1 N–H and O–H groups in total. The summed E-state index contributed by atoms with van der Waals surface area (Å²) in [4.78, 5) is 4.35. The number of para-hydroxylation sites is 1. The van der Waals surface area contributed by atoms with Gasteiger partial charge in [-0.25, -0.2) is 0 Å². The SMILES string of the molecule is Cc1cc(Br)ccc1-c1noc(-c2ccccc2O)n1. The molecule has 0 amide bonds. The number of phenols is 1. The third kappa shape index (κ3) is 2.32. The van der Waals surface area contributed by atoms with Crippen LogP contribution in [0.25, 0.3) is 22.8 Å². The van der Waals surface area contributed by atoms with E-state index in [9.17, 15) is 5.11 Å². The van der Waals surface area contributed by atoms with E-state index in [-0.39, 0.29) is 5.75 Å². The molecule has 0 fully saturated rings. The van der Waals surface area contributed by atoms with Crippen molar-refractivity contribution in [2.75, 3.05) is 0 Å². The lowest BCUT2D eigenvalue weighted by atomic mass is 10.1. The molecule has 0 saturated heterocycles. The topological polar surface area (TPSA) is 59.2 Å². The monoisotopic (exact) mass is 330 g/mol. The summed E-state index contributed by atoms with van der Waals surface area (Å²) in [7, 11) is 0. The largest absolute Gasteiger partial charge is 0.507 e. The minimum atomic E-state index is 0.121. The van der Waals surface area contributed by atoms with Crippen molar-refractivity contribution in [3.63, 3.8) is 0 Å². The minimum absolute atomic E-state index is 0.121. The summed E-state index contributed by atoms with van der Waals surface area (Å²) in [6.45, 7) is 1.98. The van der Waals surface area contributed by atoms with Gasteiger partial charge < -0.3 is 9.63 Å². The maximum atomic E-state index is 9.80. The Balaban J connectivity index is 2.04. The van der Waals surface area contributed by atoms with E-state index in [0.29, 0.717) is 17.3 Å². The molecule has 0 aliphatic heterocycles. The number of phenolic OH excluding ortho intramolecular Hbond substituents is 1. The van der Waals surface area contributed by atoms with E-state index in [1.165, 1.54) is 0 Å². The molecule has 5 heteroatoms. The van der Waals surface area contributed by atoms with Crippen molar-refractivity contribution in [2.24, 2.45) is 0 Å². The van der Waals surface area contributed by atoms with Gasteiger partial charge in [-0.1, -0.05) is 33.2 Å². The lowest BCUT2D eigenvalue weighted by Crippen LogP contribution is -1.86. The van der Waals surface area contributed by atoms with Crippen LogP contribution in [0.5, 0.6) is 5.75 Å². The quantitative estimate of drug-likeness (QED) is 0.765. The van der Waals surface area contributed by atoms with Crippen LogP contribution in [0, 0.1) is 6.92 Å². The van der Waals surface area contributed by atoms with E-state index in [1.54, 1.807) is 18.2 Å². The second kappa shape index (κ2) is 5.09. The van der Waals surface area contributed by atoms with E-state index in [1.807, 2.05) is 31.2 Å². The fraction of sp³-hybridized carbons (Fsp3) is 0.0667. The number of aryl methyl sites for hydroxylation is 1. The first-order valence-corrected chi connectivity index (χ1v) is 6.83. The molecule has 0 aliphatic rings.